The van der Waals surface area contributed by atoms with Crippen LogP contribution >= 0.6 is 0 Å². The highest BCUT2D eigenvalue weighted by atomic mass is 16.5. The van der Waals surface area contributed by atoms with Gasteiger partial charge in [-0.1, -0.05) is 60.7 Å². The largest absolute Gasteiger partial charge is 0.381 e. The third kappa shape index (κ3) is 4.62. The monoisotopic (exact) mass is 379 g/mol. The molecule has 0 aromatic heterocycles. The maximum Gasteiger partial charge on any atom is 0.226 e. The van der Waals surface area contributed by atoms with Gasteiger partial charge in [-0.05, 0) is 30.4 Å². The van der Waals surface area contributed by atoms with E-state index >= 15 is 0 Å². The van der Waals surface area contributed by atoms with Gasteiger partial charge in [0, 0.05) is 38.1 Å². The quantitative estimate of drug-likeness (QED) is 0.792. The summed E-state index contributed by atoms with van der Waals surface area (Å²) in [5, 5.41) is 0. The molecule has 0 saturated carbocycles. The van der Waals surface area contributed by atoms with E-state index in [0.29, 0.717) is 32.9 Å². The van der Waals surface area contributed by atoms with E-state index in [9.17, 15) is 4.79 Å². The summed E-state index contributed by atoms with van der Waals surface area (Å²) in [6.07, 6.45) is 2.63. The predicted octanol–water partition coefficient (Wildman–Crippen LogP) is 3.86. The second kappa shape index (κ2) is 9.35. The molecule has 2 fully saturated rings. The Bertz CT molecular complexity index is 703. The van der Waals surface area contributed by atoms with Crippen LogP contribution in [0.1, 0.15) is 36.3 Å². The van der Waals surface area contributed by atoms with Crippen molar-refractivity contribution in [3.63, 3.8) is 0 Å². The van der Waals surface area contributed by atoms with Crippen LogP contribution in [0.4, 0.5) is 0 Å². The molecule has 1 amide bonds. The van der Waals surface area contributed by atoms with Crippen molar-refractivity contribution in [1.29, 1.82) is 0 Å². The van der Waals surface area contributed by atoms with E-state index in [0.717, 1.165) is 19.3 Å². The normalized spacial score (nSPS) is 21.0. The molecule has 0 spiro atoms. The first-order valence-corrected chi connectivity index (χ1v) is 10.4. The smallest absolute Gasteiger partial charge is 0.226 e. The molecule has 0 radical (unpaired) electrons. The van der Waals surface area contributed by atoms with Crippen LogP contribution in [-0.4, -0.2) is 49.8 Å². The highest BCUT2D eigenvalue weighted by molar-refractivity contribution is 5.79. The fourth-order valence-electron chi connectivity index (χ4n) is 4.36. The number of ether oxygens (including phenoxy) is 2. The van der Waals surface area contributed by atoms with Crippen LogP contribution in [0.25, 0.3) is 0 Å². The van der Waals surface area contributed by atoms with Gasteiger partial charge in [0.15, 0.2) is 0 Å². The minimum Gasteiger partial charge on any atom is -0.381 e. The molecule has 0 bridgehead atoms. The summed E-state index contributed by atoms with van der Waals surface area (Å²) in [7, 11) is 0. The Hall–Kier alpha value is -2.17. The van der Waals surface area contributed by atoms with Crippen LogP contribution in [0.5, 0.6) is 0 Å². The molecule has 2 aliphatic heterocycles. The number of carbonyl (C=O) groups is 1. The van der Waals surface area contributed by atoms with Crippen molar-refractivity contribution in [2.24, 2.45) is 5.92 Å². The topological polar surface area (TPSA) is 38.8 Å². The molecule has 1 atom stereocenters. The molecule has 28 heavy (non-hydrogen) atoms. The summed E-state index contributed by atoms with van der Waals surface area (Å²) in [4.78, 5) is 15.0. The van der Waals surface area contributed by atoms with Crippen LogP contribution in [0, 0.1) is 5.92 Å². The lowest BCUT2D eigenvalue weighted by atomic mass is 9.86. The Morgan fingerprint density at radius 2 is 1.54 bits per heavy atom. The van der Waals surface area contributed by atoms with Gasteiger partial charge in [-0.2, -0.15) is 0 Å². The summed E-state index contributed by atoms with van der Waals surface area (Å²) in [5.41, 5.74) is 2.59. The fraction of sp³-hybridized carbons (Fsp3) is 0.458. The van der Waals surface area contributed by atoms with E-state index in [2.05, 4.69) is 60.7 Å². The molecule has 0 aliphatic carbocycles. The summed E-state index contributed by atoms with van der Waals surface area (Å²) >= 11 is 0. The minimum atomic E-state index is 0.0583. The molecule has 4 nitrogen and oxygen atoms in total. The zero-order chi connectivity index (χ0) is 19.2. The molecule has 4 rings (SSSR count). The summed E-state index contributed by atoms with van der Waals surface area (Å²) in [5.74, 6) is 0.671. The number of morpholine rings is 1. The van der Waals surface area contributed by atoms with Gasteiger partial charge in [-0.3, -0.25) is 4.79 Å². The second-order valence-electron chi connectivity index (χ2n) is 7.77. The zero-order valence-corrected chi connectivity index (χ0v) is 16.3. The van der Waals surface area contributed by atoms with Crippen LogP contribution in [-0.2, 0) is 14.3 Å². The van der Waals surface area contributed by atoms with Crippen LogP contribution in [0.3, 0.4) is 0 Å². The molecular weight excluding hydrogens is 350 g/mol. The van der Waals surface area contributed by atoms with E-state index in [1.165, 1.54) is 11.1 Å². The molecule has 2 aromatic rings. The first kappa shape index (κ1) is 19.2. The van der Waals surface area contributed by atoms with Crippen molar-refractivity contribution in [1.82, 2.24) is 4.90 Å². The number of hydrogen-bond donors (Lipinski definition) is 0. The summed E-state index contributed by atoms with van der Waals surface area (Å²) in [6, 6.07) is 21.2. The van der Waals surface area contributed by atoms with Crippen LogP contribution in [0.15, 0.2) is 60.7 Å². The minimum absolute atomic E-state index is 0.0583. The second-order valence-corrected chi connectivity index (χ2v) is 7.77. The van der Waals surface area contributed by atoms with E-state index in [4.69, 9.17) is 9.47 Å². The van der Waals surface area contributed by atoms with Gasteiger partial charge in [0.1, 0.15) is 0 Å². The molecule has 148 valence electrons. The van der Waals surface area contributed by atoms with Crippen molar-refractivity contribution in [3.05, 3.63) is 71.8 Å². The van der Waals surface area contributed by atoms with E-state index < -0.39 is 0 Å². The molecular formula is C24H29NO3. The average Bonchev–Trinajstić information content (AvgIpc) is 2.79. The molecule has 4 heteroatoms. The lowest BCUT2D eigenvalue weighted by molar-refractivity contribution is -0.146. The number of rotatable bonds is 5. The fourth-order valence-corrected chi connectivity index (χ4v) is 4.36. The first-order chi connectivity index (χ1) is 13.8. The Balaban J connectivity index is 1.46. The molecule has 2 heterocycles. The van der Waals surface area contributed by atoms with E-state index in [1.54, 1.807) is 0 Å². The van der Waals surface area contributed by atoms with Crippen molar-refractivity contribution >= 4 is 5.91 Å². The highest BCUT2D eigenvalue weighted by Gasteiger charge is 2.32. The number of nitrogens with zero attached hydrogens (tertiary/aromatic N) is 1. The Kier molecular flexibility index (Phi) is 6.40. The Morgan fingerprint density at radius 1 is 0.929 bits per heavy atom. The van der Waals surface area contributed by atoms with Crippen molar-refractivity contribution < 1.29 is 14.3 Å². The standard InChI is InChI=1S/C24H29NO3/c26-24(21-11-14-27-15-12-21)25-13-16-28-22(18-25)17-23(19-7-3-1-4-8-19)20-9-5-2-6-10-20/h1-10,21-23H,11-18H2/t22-/m0/s1. The number of amides is 1. The van der Waals surface area contributed by atoms with Gasteiger partial charge in [-0.25, -0.2) is 0 Å². The van der Waals surface area contributed by atoms with Gasteiger partial charge in [0.05, 0.1) is 12.7 Å². The number of benzene rings is 2. The van der Waals surface area contributed by atoms with Crippen molar-refractivity contribution in [3.8, 4) is 0 Å². The molecule has 2 aliphatic rings. The van der Waals surface area contributed by atoms with Crippen molar-refractivity contribution in [2.45, 2.75) is 31.3 Å². The van der Waals surface area contributed by atoms with E-state index in [-0.39, 0.29) is 23.8 Å². The number of carbonyl (C=O) groups excluding carboxylic acids is 1. The lowest BCUT2D eigenvalue weighted by Crippen LogP contribution is -2.48. The van der Waals surface area contributed by atoms with Crippen LogP contribution in [0.2, 0.25) is 0 Å². The summed E-state index contributed by atoms with van der Waals surface area (Å²) < 4.78 is 11.5. The molecule has 2 saturated heterocycles. The van der Waals surface area contributed by atoms with Gasteiger partial charge in [0.2, 0.25) is 5.91 Å². The van der Waals surface area contributed by atoms with Gasteiger partial charge in [-0.15, -0.1) is 0 Å². The third-order valence-corrected chi connectivity index (χ3v) is 5.92. The van der Waals surface area contributed by atoms with Gasteiger partial charge in [0.25, 0.3) is 0 Å². The average molecular weight is 380 g/mol. The first-order valence-electron chi connectivity index (χ1n) is 10.4. The zero-order valence-electron chi connectivity index (χ0n) is 16.3. The molecule has 2 aromatic carbocycles. The predicted molar refractivity (Wildman–Crippen MR) is 109 cm³/mol. The lowest BCUT2D eigenvalue weighted by Gasteiger charge is -2.37. The Morgan fingerprint density at radius 3 is 2.14 bits per heavy atom. The van der Waals surface area contributed by atoms with Gasteiger partial charge >= 0.3 is 0 Å². The molecule has 0 unspecified atom stereocenters. The number of hydrogen-bond acceptors (Lipinski definition) is 3. The SMILES string of the molecule is O=C(C1CCOCC1)N1CCO[C@@H](CC(c2ccccc2)c2ccccc2)C1. The highest BCUT2D eigenvalue weighted by Crippen LogP contribution is 2.31. The maximum absolute atomic E-state index is 12.9. The van der Waals surface area contributed by atoms with E-state index in [1.807, 2.05) is 4.90 Å². The van der Waals surface area contributed by atoms with Gasteiger partial charge < -0.3 is 14.4 Å². The van der Waals surface area contributed by atoms with Crippen LogP contribution < -0.4 is 0 Å². The summed E-state index contributed by atoms with van der Waals surface area (Å²) in [6.45, 7) is 3.42. The molecule has 0 N–H and O–H groups in total. The third-order valence-electron chi connectivity index (χ3n) is 5.92. The Labute approximate surface area is 167 Å². The van der Waals surface area contributed by atoms with Crippen molar-refractivity contribution in [2.75, 3.05) is 32.9 Å². The maximum atomic E-state index is 12.9.